The van der Waals surface area contributed by atoms with Gasteiger partial charge >= 0.3 is 6.09 Å². The first-order valence-electron chi connectivity index (χ1n) is 13.2. The Morgan fingerprint density at radius 1 is 0.788 bits per heavy atom. The van der Waals surface area contributed by atoms with Crippen LogP contribution in [0.2, 0.25) is 0 Å². The molecule has 0 aliphatic carbocycles. The quantitative estimate of drug-likeness (QED) is 0.183. The fourth-order valence-corrected chi connectivity index (χ4v) is 3.94. The Balaban J connectivity index is 2.26. The average Bonchev–Trinajstić information content (AvgIpc) is 3.34. The number of rotatable bonds is 15. The van der Waals surface area contributed by atoms with Crippen LogP contribution in [0.5, 0.6) is 0 Å². The molecule has 1 aliphatic rings. The van der Waals surface area contributed by atoms with Crippen molar-refractivity contribution in [2.75, 3.05) is 26.4 Å². The van der Waals surface area contributed by atoms with Crippen molar-refractivity contribution in [2.45, 2.75) is 138 Å². The molecule has 0 radical (unpaired) electrons. The van der Waals surface area contributed by atoms with Crippen molar-refractivity contribution in [1.29, 1.82) is 0 Å². The van der Waals surface area contributed by atoms with Gasteiger partial charge in [0, 0.05) is 19.6 Å². The predicted molar refractivity (Wildman–Crippen MR) is 138 cm³/mol. The summed E-state index contributed by atoms with van der Waals surface area (Å²) in [6.07, 6.45) is 7.54. The lowest BCUT2D eigenvalue weighted by Crippen LogP contribution is -2.35. The van der Waals surface area contributed by atoms with Gasteiger partial charge in [-0.25, -0.2) is 4.79 Å². The highest BCUT2D eigenvalue weighted by Crippen LogP contribution is 2.47. The molecule has 0 bridgehead atoms. The second kappa shape index (κ2) is 11.7. The van der Waals surface area contributed by atoms with Crippen molar-refractivity contribution >= 4 is 6.09 Å². The van der Waals surface area contributed by atoms with Gasteiger partial charge in [0.1, 0.15) is 0 Å². The van der Waals surface area contributed by atoms with Crippen LogP contribution in [-0.4, -0.2) is 54.1 Å². The van der Waals surface area contributed by atoms with Gasteiger partial charge < -0.3 is 14.2 Å². The molecule has 0 aromatic carbocycles. The number of unbranched alkanes of at least 4 members (excludes halogenated alkanes) is 2. The predicted octanol–water partition coefficient (Wildman–Crippen LogP) is 7.61. The van der Waals surface area contributed by atoms with E-state index in [1.807, 2.05) is 4.90 Å². The molecule has 0 aromatic heterocycles. The number of carbonyl (C=O) groups is 1. The Kier molecular flexibility index (Phi) is 10.8. The summed E-state index contributed by atoms with van der Waals surface area (Å²) in [7, 11) is 0. The van der Waals surface area contributed by atoms with E-state index < -0.39 is 0 Å². The molecular formula is C28H55NO4. The van der Waals surface area contributed by atoms with E-state index in [4.69, 9.17) is 14.2 Å². The average molecular weight is 470 g/mol. The van der Waals surface area contributed by atoms with Gasteiger partial charge in [0.15, 0.2) is 0 Å². The first-order valence-corrected chi connectivity index (χ1v) is 13.2. The van der Waals surface area contributed by atoms with Crippen LogP contribution in [0.1, 0.15) is 121 Å². The summed E-state index contributed by atoms with van der Waals surface area (Å²) < 4.78 is 17.9. The van der Waals surface area contributed by atoms with Crippen LogP contribution >= 0.6 is 0 Å². The van der Waals surface area contributed by atoms with Crippen LogP contribution in [0.3, 0.4) is 0 Å². The standard InChI is InChI=1S/C28H55NO4/c1-12-13-14-15-25(5,6)16-20-32-27(9,10)18-21-33-26(7,8)17-19-31-23(30)29-22-28(29,11)24(2,3)4/h12-22H2,1-11H3. The summed E-state index contributed by atoms with van der Waals surface area (Å²) in [5.41, 5.74) is -0.272. The minimum absolute atomic E-state index is 0.0497. The minimum Gasteiger partial charge on any atom is -0.449 e. The van der Waals surface area contributed by atoms with Gasteiger partial charge in [0.25, 0.3) is 0 Å². The van der Waals surface area contributed by atoms with E-state index >= 15 is 0 Å². The molecule has 1 amide bonds. The molecule has 1 rings (SSSR count). The largest absolute Gasteiger partial charge is 0.449 e. The van der Waals surface area contributed by atoms with Gasteiger partial charge in [0.05, 0.1) is 30.0 Å². The highest BCUT2D eigenvalue weighted by Gasteiger charge is 2.59. The summed E-state index contributed by atoms with van der Waals surface area (Å²) in [4.78, 5) is 14.2. The molecule has 1 heterocycles. The molecule has 33 heavy (non-hydrogen) atoms. The molecule has 0 aromatic rings. The van der Waals surface area contributed by atoms with Crippen molar-refractivity contribution in [1.82, 2.24) is 4.90 Å². The summed E-state index contributed by atoms with van der Waals surface area (Å²) in [5, 5.41) is 0. The summed E-state index contributed by atoms with van der Waals surface area (Å²) in [6, 6.07) is 0. The lowest BCUT2D eigenvalue weighted by molar-refractivity contribution is -0.0819. The SMILES string of the molecule is CCCCCC(C)(C)CCOC(C)(C)CCOC(C)(C)CCOC(=O)N1CC1(C)C(C)(C)C. The van der Waals surface area contributed by atoms with E-state index in [-0.39, 0.29) is 28.2 Å². The maximum Gasteiger partial charge on any atom is 0.410 e. The number of ether oxygens (including phenoxy) is 3. The smallest absolute Gasteiger partial charge is 0.410 e. The first kappa shape index (κ1) is 30.2. The summed E-state index contributed by atoms with van der Waals surface area (Å²) >= 11 is 0. The molecule has 1 atom stereocenters. The van der Waals surface area contributed by atoms with Crippen molar-refractivity contribution in [2.24, 2.45) is 10.8 Å². The van der Waals surface area contributed by atoms with Crippen molar-refractivity contribution < 1.29 is 19.0 Å². The number of nitrogens with zero attached hydrogens (tertiary/aromatic N) is 1. The minimum atomic E-state index is -0.343. The molecule has 1 saturated heterocycles. The molecule has 1 unspecified atom stereocenters. The Hall–Kier alpha value is -0.810. The molecule has 5 nitrogen and oxygen atoms in total. The van der Waals surface area contributed by atoms with Gasteiger partial charge in [-0.15, -0.1) is 0 Å². The van der Waals surface area contributed by atoms with E-state index in [0.717, 1.165) is 26.0 Å². The molecular weight excluding hydrogens is 414 g/mol. The monoisotopic (exact) mass is 469 g/mol. The molecule has 1 fully saturated rings. The Morgan fingerprint density at radius 3 is 1.79 bits per heavy atom. The molecule has 196 valence electrons. The normalized spacial score (nSPS) is 19.7. The highest BCUT2D eigenvalue weighted by molar-refractivity contribution is 5.72. The van der Waals surface area contributed by atoms with Crippen molar-refractivity contribution in [3.05, 3.63) is 0 Å². The van der Waals surface area contributed by atoms with Crippen LogP contribution < -0.4 is 0 Å². The molecule has 5 heteroatoms. The third kappa shape index (κ3) is 10.5. The first-order chi connectivity index (χ1) is 14.9. The van der Waals surface area contributed by atoms with Crippen LogP contribution in [0, 0.1) is 10.8 Å². The molecule has 0 N–H and O–H groups in total. The highest BCUT2D eigenvalue weighted by atomic mass is 16.6. The van der Waals surface area contributed by atoms with Crippen molar-refractivity contribution in [3.63, 3.8) is 0 Å². The second-order valence-electron chi connectivity index (χ2n) is 13.3. The number of hydrogen-bond donors (Lipinski definition) is 0. The van der Waals surface area contributed by atoms with Crippen LogP contribution in [0.15, 0.2) is 0 Å². The molecule has 0 spiro atoms. The van der Waals surface area contributed by atoms with Crippen LogP contribution in [0.4, 0.5) is 4.79 Å². The van der Waals surface area contributed by atoms with Gasteiger partial charge in [-0.3, -0.25) is 4.90 Å². The maximum atomic E-state index is 12.4. The van der Waals surface area contributed by atoms with E-state index in [0.29, 0.717) is 25.0 Å². The summed E-state index contributed by atoms with van der Waals surface area (Å²) in [5.74, 6) is 0. The zero-order chi connectivity index (χ0) is 25.6. The van der Waals surface area contributed by atoms with E-state index in [1.54, 1.807) is 0 Å². The fourth-order valence-electron chi connectivity index (χ4n) is 3.94. The van der Waals surface area contributed by atoms with Gasteiger partial charge in [0.2, 0.25) is 0 Å². The van der Waals surface area contributed by atoms with Gasteiger partial charge in [-0.05, 0) is 64.7 Å². The van der Waals surface area contributed by atoms with Crippen molar-refractivity contribution in [3.8, 4) is 0 Å². The zero-order valence-corrected chi connectivity index (χ0v) is 23.9. The Bertz CT molecular complexity index is 606. The third-order valence-electron chi connectivity index (χ3n) is 7.65. The maximum absolute atomic E-state index is 12.4. The fraction of sp³-hybridized carbons (Fsp3) is 0.964. The Labute approximate surface area is 205 Å². The van der Waals surface area contributed by atoms with E-state index in [9.17, 15) is 4.79 Å². The van der Waals surface area contributed by atoms with Gasteiger partial charge in [-0.1, -0.05) is 60.8 Å². The number of hydrogen-bond acceptors (Lipinski definition) is 4. The zero-order valence-electron chi connectivity index (χ0n) is 23.9. The van der Waals surface area contributed by atoms with E-state index in [1.165, 1.54) is 25.7 Å². The lowest BCUT2D eigenvalue weighted by Gasteiger charge is -2.31. The summed E-state index contributed by atoms with van der Waals surface area (Å²) in [6.45, 7) is 26.5. The van der Waals surface area contributed by atoms with Crippen LogP contribution in [0.25, 0.3) is 0 Å². The molecule has 0 saturated carbocycles. The number of carbonyl (C=O) groups excluding carboxylic acids is 1. The second-order valence-corrected chi connectivity index (χ2v) is 13.3. The number of amides is 1. The van der Waals surface area contributed by atoms with Crippen LogP contribution in [-0.2, 0) is 14.2 Å². The topological polar surface area (TPSA) is 47.8 Å². The Morgan fingerprint density at radius 2 is 1.30 bits per heavy atom. The van der Waals surface area contributed by atoms with E-state index in [2.05, 4.69) is 76.2 Å². The lowest BCUT2D eigenvalue weighted by atomic mass is 9.81. The van der Waals surface area contributed by atoms with Gasteiger partial charge in [-0.2, -0.15) is 0 Å². The third-order valence-corrected chi connectivity index (χ3v) is 7.65. The molecule has 1 aliphatic heterocycles.